The van der Waals surface area contributed by atoms with E-state index >= 15 is 0 Å². The molecule has 0 fully saturated rings. The van der Waals surface area contributed by atoms with E-state index in [1.165, 1.54) is 11.9 Å². The second-order valence-corrected chi connectivity index (χ2v) is 5.82. The Morgan fingerprint density at radius 1 is 1.38 bits per heavy atom. The predicted octanol–water partition coefficient (Wildman–Crippen LogP) is 0.538. The maximum atomic E-state index is 11.6. The van der Waals surface area contributed by atoms with Crippen molar-refractivity contribution in [2.24, 2.45) is 10.9 Å². The van der Waals surface area contributed by atoms with Gasteiger partial charge in [-0.25, -0.2) is 0 Å². The molecule has 1 aromatic carbocycles. The molecule has 7 nitrogen and oxygen atoms in total. The van der Waals surface area contributed by atoms with Crippen LogP contribution in [0.2, 0.25) is 0 Å². The first-order chi connectivity index (χ1) is 9.81. The van der Waals surface area contributed by atoms with Crippen LogP contribution in [-0.4, -0.2) is 31.5 Å². The number of aryl methyl sites for hydroxylation is 1. The van der Waals surface area contributed by atoms with Gasteiger partial charge < -0.3 is 11.2 Å². The number of carbonyl (C=O) groups is 1. The van der Waals surface area contributed by atoms with Crippen LogP contribution in [0.4, 0.5) is 0 Å². The van der Waals surface area contributed by atoms with Gasteiger partial charge in [-0.3, -0.25) is 9.35 Å². The van der Waals surface area contributed by atoms with Gasteiger partial charge in [0.25, 0.3) is 16.0 Å². The molecule has 0 aliphatic heterocycles. The van der Waals surface area contributed by atoms with E-state index in [4.69, 9.17) is 10.4 Å². The number of hydrogen-bond donors (Lipinski definition) is 3. The molecule has 0 atom stereocenters. The van der Waals surface area contributed by atoms with E-state index in [9.17, 15) is 13.2 Å². The lowest BCUT2D eigenvalue weighted by atomic mass is 9.92. The number of amides is 1. The number of hydrogen-bond acceptors (Lipinski definition) is 5. The lowest BCUT2D eigenvalue weighted by Gasteiger charge is -2.14. The highest BCUT2D eigenvalue weighted by molar-refractivity contribution is 7.85. The van der Waals surface area contributed by atoms with E-state index in [-0.39, 0.29) is 5.91 Å². The molecule has 0 heterocycles. The van der Waals surface area contributed by atoms with Gasteiger partial charge in [-0.1, -0.05) is 24.3 Å². The van der Waals surface area contributed by atoms with Gasteiger partial charge in [-0.05, 0) is 30.0 Å². The standard InChI is InChI=1S/C12H13N3O.CH4O3S/c13-15-8-14-12(16)11-6-5-9-3-1-2-4-10(9)7-11;1-5(2,3)4/h1-4,7-8H,5-6,13H2,(H,14,15,16);1H3,(H,2,3,4). The molecule has 0 spiro atoms. The van der Waals surface area contributed by atoms with Crippen LogP contribution in [0.25, 0.3) is 6.08 Å². The Hall–Kier alpha value is -2.19. The minimum Gasteiger partial charge on any atom is -0.322 e. The van der Waals surface area contributed by atoms with E-state index in [1.807, 2.05) is 24.3 Å². The average molecular weight is 311 g/mol. The molecule has 1 amide bonds. The first-order valence-electron chi connectivity index (χ1n) is 6.05. The molecule has 0 aromatic heterocycles. The monoisotopic (exact) mass is 311 g/mol. The number of nitrogens with one attached hydrogen (secondary N) is 1. The van der Waals surface area contributed by atoms with Gasteiger partial charge in [0.2, 0.25) is 0 Å². The SMILES string of the molecule is CS(=O)(=O)O.NN=CNC(=O)C1=Cc2ccccc2CC1. The summed E-state index contributed by atoms with van der Waals surface area (Å²) in [5, 5.41) is 5.74. The van der Waals surface area contributed by atoms with E-state index < -0.39 is 10.1 Å². The van der Waals surface area contributed by atoms with Crippen molar-refractivity contribution in [3.8, 4) is 0 Å². The summed E-state index contributed by atoms with van der Waals surface area (Å²) in [6.07, 6.45) is 5.48. The molecule has 4 N–H and O–H groups in total. The molecule has 0 saturated heterocycles. The quantitative estimate of drug-likeness (QED) is 0.242. The zero-order valence-electron chi connectivity index (χ0n) is 11.5. The summed E-state index contributed by atoms with van der Waals surface area (Å²) >= 11 is 0. The van der Waals surface area contributed by atoms with Gasteiger partial charge in [0.05, 0.1) is 6.26 Å². The van der Waals surface area contributed by atoms with Gasteiger partial charge >= 0.3 is 0 Å². The fourth-order valence-electron chi connectivity index (χ4n) is 1.80. The summed E-state index contributed by atoms with van der Waals surface area (Å²) in [6.45, 7) is 0. The van der Waals surface area contributed by atoms with Gasteiger partial charge in [0.1, 0.15) is 6.34 Å². The number of nitrogens with zero attached hydrogens (tertiary/aromatic N) is 1. The Morgan fingerprint density at radius 3 is 2.62 bits per heavy atom. The van der Waals surface area contributed by atoms with Crippen molar-refractivity contribution in [1.82, 2.24) is 5.32 Å². The molecular weight excluding hydrogens is 294 g/mol. The Morgan fingerprint density at radius 2 is 2.00 bits per heavy atom. The molecular formula is C13H17N3O4S. The van der Waals surface area contributed by atoms with Crippen molar-refractivity contribution in [2.45, 2.75) is 12.8 Å². The lowest BCUT2D eigenvalue weighted by Crippen LogP contribution is -2.25. The van der Waals surface area contributed by atoms with Crippen molar-refractivity contribution in [3.63, 3.8) is 0 Å². The van der Waals surface area contributed by atoms with Crippen LogP contribution in [-0.2, 0) is 21.3 Å². The van der Waals surface area contributed by atoms with Gasteiger partial charge in [-0.15, -0.1) is 0 Å². The molecule has 2 rings (SSSR count). The largest absolute Gasteiger partial charge is 0.322 e. The maximum absolute atomic E-state index is 11.6. The number of fused-ring (bicyclic) bond motifs is 1. The third-order valence-electron chi connectivity index (χ3n) is 2.61. The van der Waals surface area contributed by atoms with Crippen LogP contribution in [0.15, 0.2) is 34.9 Å². The summed E-state index contributed by atoms with van der Waals surface area (Å²) in [7, 11) is -3.67. The highest BCUT2D eigenvalue weighted by Gasteiger charge is 2.14. The highest BCUT2D eigenvalue weighted by atomic mass is 32.2. The summed E-state index contributed by atoms with van der Waals surface area (Å²) in [4.78, 5) is 11.6. The van der Waals surface area contributed by atoms with Crippen molar-refractivity contribution in [1.29, 1.82) is 0 Å². The molecule has 0 radical (unpaired) electrons. The predicted molar refractivity (Wildman–Crippen MR) is 81.0 cm³/mol. The van der Waals surface area contributed by atoms with Crippen LogP contribution in [0.3, 0.4) is 0 Å². The number of hydrazone groups is 1. The minimum absolute atomic E-state index is 0.135. The van der Waals surface area contributed by atoms with Crippen molar-refractivity contribution < 1.29 is 17.8 Å². The van der Waals surface area contributed by atoms with Crippen molar-refractivity contribution >= 4 is 28.4 Å². The molecule has 1 aromatic rings. The Bertz CT molecular complexity index is 658. The Labute approximate surface area is 123 Å². The van der Waals surface area contributed by atoms with E-state index in [0.29, 0.717) is 6.26 Å². The molecule has 1 aliphatic rings. The smallest absolute Gasteiger partial charge is 0.261 e. The molecule has 0 saturated carbocycles. The van der Waals surface area contributed by atoms with E-state index in [0.717, 1.165) is 24.0 Å². The minimum atomic E-state index is -3.67. The number of carbonyl (C=O) groups excluding carboxylic acids is 1. The van der Waals surface area contributed by atoms with E-state index in [1.54, 1.807) is 0 Å². The first kappa shape index (κ1) is 16.9. The molecule has 8 heteroatoms. The Balaban J connectivity index is 0.000000383. The normalized spacial score (nSPS) is 13.7. The second-order valence-electron chi connectivity index (χ2n) is 4.35. The zero-order valence-corrected chi connectivity index (χ0v) is 12.3. The maximum Gasteiger partial charge on any atom is 0.261 e. The van der Waals surface area contributed by atoms with E-state index in [2.05, 4.69) is 16.5 Å². The molecule has 0 bridgehead atoms. The number of nitrogens with two attached hydrogens (primary N) is 1. The van der Waals surface area contributed by atoms with Gasteiger partial charge in [0.15, 0.2) is 0 Å². The Kier molecular flexibility index (Phi) is 6.07. The van der Waals surface area contributed by atoms with Gasteiger partial charge in [-0.2, -0.15) is 13.5 Å². The number of benzene rings is 1. The summed E-state index contributed by atoms with van der Waals surface area (Å²) in [5.41, 5.74) is 3.16. The number of rotatable bonds is 2. The first-order valence-corrected chi connectivity index (χ1v) is 7.89. The van der Waals surface area contributed by atoms with Crippen LogP contribution in [0.5, 0.6) is 0 Å². The lowest BCUT2D eigenvalue weighted by molar-refractivity contribution is -0.116. The summed E-state index contributed by atoms with van der Waals surface area (Å²) in [5.74, 6) is 4.78. The van der Waals surface area contributed by atoms with Crippen LogP contribution in [0.1, 0.15) is 17.5 Å². The van der Waals surface area contributed by atoms with Crippen LogP contribution < -0.4 is 11.2 Å². The fraction of sp³-hybridized carbons (Fsp3) is 0.231. The molecule has 114 valence electrons. The average Bonchev–Trinajstić information content (AvgIpc) is 2.42. The third kappa shape index (κ3) is 6.68. The topological polar surface area (TPSA) is 122 Å². The molecule has 21 heavy (non-hydrogen) atoms. The fourth-order valence-corrected chi connectivity index (χ4v) is 1.80. The third-order valence-corrected chi connectivity index (χ3v) is 2.61. The zero-order chi connectivity index (χ0) is 15.9. The summed E-state index contributed by atoms with van der Waals surface area (Å²) in [6, 6.07) is 8.08. The highest BCUT2D eigenvalue weighted by Crippen LogP contribution is 2.23. The van der Waals surface area contributed by atoms with Crippen LogP contribution >= 0.6 is 0 Å². The molecule has 0 unspecified atom stereocenters. The van der Waals surface area contributed by atoms with Crippen molar-refractivity contribution in [2.75, 3.05) is 6.26 Å². The van der Waals surface area contributed by atoms with Gasteiger partial charge in [0, 0.05) is 5.57 Å². The summed E-state index contributed by atoms with van der Waals surface area (Å²) < 4.78 is 25.9. The second kappa shape index (κ2) is 7.55. The van der Waals surface area contributed by atoms with Crippen molar-refractivity contribution in [3.05, 3.63) is 41.0 Å². The molecule has 1 aliphatic carbocycles. The van der Waals surface area contributed by atoms with Crippen LogP contribution in [0, 0.1) is 0 Å².